The molecule has 0 fully saturated rings. The highest BCUT2D eigenvalue weighted by Gasteiger charge is 2.20. The normalized spacial score (nSPS) is 12.6. The van der Waals surface area contributed by atoms with Crippen LogP contribution in [0.2, 0.25) is 0 Å². The Morgan fingerprint density at radius 2 is 0.701 bits per heavy atom. The minimum Gasteiger partial charge on any atom is -0.466 e. The van der Waals surface area contributed by atoms with E-state index in [9.17, 15) is 19.8 Å². The molecule has 67 heavy (non-hydrogen) atoms. The van der Waals surface area contributed by atoms with Crippen molar-refractivity contribution in [1.82, 2.24) is 5.32 Å². The number of carbonyl (C=O) groups is 2. The molecule has 6 nitrogen and oxygen atoms in total. The van der Waals surface area contributed by atoms with E-state index in [2.05, 4.69) is 31.3 Å². The van der Waals surface area contributed by atoms with Crippen molar-refractivity contribution in [3.8, 4) is 0 Å². The molecule has 0 bridgehead atoms. The quantitative estimate of drug-likeness (QED) is 0.0321. The van der Waals surface area contributed by atoms with Gasteiger partial charge in [0, 0.05) is 12.8 Å². The lowest BCUT2D eigenvalue weighted by Gasteiger charge is -2.22. The fraction of sp³-hybridized carbons (Fsp3) is 0.934. The van der Waals surface area contributed by atoms with Gasteiger partial charge in [0.1, 0.15) is 0 Å². The fourth-order valence-corrected chi connectivity index (χ4v) is 9.64. The third-order valence-corrected chi connectivity index (χ3v) is 14.3. The first-order valence-corrected chi connectivity index (χ1v) is 30.4. The highest BCUT2D eigenvalue weighted by atomic mass is 16.5. The molecule has 0 aromatic carbocycles. The van der Waals surface area contributed by atoms with Gasteiger partial charge < -0.3 is 20.3 Å². The smallest absolute Gasteiger partial charge is 0.305 e. The third-order valence-electron chi connectivity index (χ3n) is 14.3. The number of hydrogen-bond donors (Lipinski definition) is 3. The van der Waals surface area contributed by atoms with Crippen LogP contribution in [0.15, 0.2) is 12.2 Å². The molecule has 0 aromatic rings. The van der Waals surface area contributed by atoms with Crippen LogP contribution in [0.25, 0.3) is 0 Å². The standard InChI is InChI=1S/C61H119NO5/c1-3-5-7-9-11-13-15-30-35-39-43-47-51-55-61(66)67-56-52-48-44-40-36-32-29-27-25-23-21-19-17-16-18-20-22-24-26-28-31-34-38-42-46-50-54-60(65)62-58(57-63)59(64)53-49-45-41-37-33-14-12-10-8-6-4-2/h13,15,58-59,63-64H,3-12,14,16-57H2,1-2H3,(H,62,65)/b15-13-. The highest BCUT2D eigenvalue weighted by Crippen LogP contribution is 2.18. The number of amides is 1. The Kier molecular flexibility index (Phi) is 56.0. The van der Waals surface area contributed by atoms with Crippen molar-refractivity contribution >= 4 is 11.9 Å². The van der Waals surface area contributed by atoms with Crippen molar-refractivity contribution in [2.45, 2.75) is 353 Å². The van der Waals surface area contributed by atoms with Gasteiger partial charge in [-0.3, -0.25) is 9.59 Å². The summed E-state index contributed by atoms with van der Waals surface area (Å²) in [5.41, 5.74) is 0. The predicted molar refractivity (Wildman–Crippen MR) is 292 cm³/mol. The zero-order valence-electron chi connectivity index (χ0n) is 45.4. The average molecular weight is 947 g/mol. The average Bonchev–Trinajstić information content (AvgIpc) is 3.33. The molecule has 2 atom stereocenters. The molecule has 398 valence electrons. The van der Waals surface area contributed by atoms with Crippen molar-refractivity contribution < 1.29 is 24.5 Å². The molecule has 3 N–H and O–H groups in total. The third kappa shape index (κ3) is 53.8. The number of allylic oxidation sites excluding steroid dienone is 2. The van der Waals surface area contributed by atoms with E-state index in [1.54, 1.807) is 0 Å². The molecule has 0 aliphatic rings. The van der Waals surface area contributed by atoms with Gasteiger partial charge in [-0.2, -0.15) is 0 Å². The summed E-state index contributed by atoms with van der Waals surface area (Å²) in [6, 6.07) is -0.537. The first-order chi connectivity index (χ1) is 33.0. The van der Waals surface area contributed by atoms with Crippen LogP contribution in [-0.4, -0.2) is 47.4 Å². The van der Waals surface area contributed by atoms with Crippen molar-refractivity contribution in [3.05, 3.63) is 12.2 Å². The lowest BCUT2D eigenvalue weighted by molar-refractivity contribution is -0.143. The molecule has 0 saturated heterocycles. The molecule has 0 aliphatic heterocycles. The van der Waals surface area contributed by atoms with Crippen LogP contribution in [0.3, 0.4) is 0 Å². The summed E-state index contributed by atoms with van der Waals surface area (Å²) in [5, 5.41) is 23.2. The predicted octanol–water partition coefficient (Wildman–Crippen LogP) is 18.9. The van der Waals surface area contributed by atoms with Crippen molar-refractivity contribution in [1.29, 1.82) is 0 Å². The van der Waals surface area contributed by atoms with Gasteiger partial charge in [-0.1, -0.05) is 289 Å². The van der Waals surface area contributed by atoms with Crippen LogP contribution in [0.4, 0.5) is 0 Å². The Balaban J connectivity index is 3.33. The van der Waals surface area contributed by atoms with Crippen LogP contribution < -0.4 is 5.32 Å². The molecule has 0 aromatic heterocycles. The molecular weight excluding hydrogens is 827 g/mol. The zero-order chi connectivity index (χ0) is 48.6. The molecule has 2 unspecified atom stereocenters. The number of esters is 1. The first-order valence-electron chi connectivity index (χ1n) is 30.4. The monoisotopic (exact) mass is 946 g/mol. The largest absolute Gasteiger partial charge is 0.466 e. The van der Waals surface area contributed by atoms with E-state index in [4.69, 9.17) is 4.74 Å². The SMILES string of the molecule is CCCCCC/C=C\CCCCCCCC(=O)OCCCCCCCCCCCCCCCCCCCCCCCCCCCCC(=O)NC(CO)C(O)CCCCCCCCCCCCC. The van der Waals surface area contributed by atoms with Gasteiger partial charge in [-0.25, -0.2) is 0 Å². The van der Waals surface area contributed by atoms with Gasteiger partial charge in [0.2, 0.25) is 5.91 Å². The van der Waals surface area contributed by atoms with E-state index in [-0.39, 0.29) is 18.5 Å². The van der Waals surface area contributed by atoms with Crippen LogP contribution in [0.5, 0.6) is 0 Å². The van der Waals surface area contributed by atoms with E-state index < -0.39 is 12.1 Å². The first kappa shape index (κ1) is 65.6. The topological polar surface area (TPSA) is 95.9 Å². The number of hydrogen-bond acceptors (Lipinski definition) is 5. The summed E-state index contributed by atoms with van der Waals surface area (Å²) in [4.78, 5) is 24.5. The number of aliphatic hydroxyl groups excluding tert-OH is 2. The zero-order valence-corrected chi connectivity index (χ0v) is 45.4. The Labute approximate surface area is 419 Å². The Bertz CT molecular complexity index is 1000. The van der Waals surface area contributed by atoms with Gasteiger partial charge in [-0.15, -0.1) is 0 Å². The molecule has 0 saturated carbocycles. The number of nitrogens with one attached hydrogen (secondary N) is 1. The second kappa shape index (κ2) is 57.2. The lowest BCUT2D eigenvalue weighted by atomic mass is 10.0. The van der Waals surface area contributed by atoms with Crippen molar-refractivity contribution in [2.75, 3.05) is 13.2 Å². The van der Waals surface area contributed by atoms with Crippen molar-refractivity contribution in [3.63, 3.8) is 0 Å². The lowest BCUT2D eigenvalue weighted by Crippen LogP contribution is -2.45. The molecular formula is C61H119NO5. The molecule has 0 radical (unpaired) electrons. The number of aliphatic hydroxyl groups is 2. The number of carbonyl (C=O) groups excluding carboxylic acids is 2. The summed E-state index contributed by atoms with van der Waals surface area (Å²) in [6.45, 7) is 4.94. The van der Waals surface area contributed by atoms with Gasteiger partial charge in [0.25, 0.3) is 0 Å². The maximum atomic E-state index is 12.4. The van der Waals surface area contributed by atoms with E-state index >= 15 is 0 Å². The molecule has 1 amide bonds. The summed E-state index contributed by atoms with van der Waals surface area (Å²) < 4.78 is 5.47. The molecule has 0 heterocycles. The van der Waals surface area contributed by atoms with Gasteiger partial charge in [0.05, 0.1) is 25.4 Å². The van der Waals surface area contributed by atoms with Crippen LogP contribution in [0.1, 0.15) is 341 Å². The summed E-state index contributed by atoms with van der Waals surface area (Å²) in [6.07, 6.45) is 68.0. The van der Waals surface area contributed by atoms with Gasteiger partial charge in [0.15, 0.2) is 0 Å². The van der Waals surface area contributed by atoms with Crippen LogP contribution in [0, 0.1) is 0 Å². The fourth-order valence-electron chi connectivity index (χ4n) is 9.64. The molecule has 0 aliphatic carbocycles. The van der Waals surface area contributed by atoms with Gasteiger partial charge >= 0.3 is 5.97 Å². The van der Waals surface area contributed by atoms with Crippen LogP contribution in [-0.2, 0) is 14.3 Å². The molecule has 0 rings (SSSR count). The van der Waals surface area contributed by atoms with Gasteiger partial charge in [-0.05, 0) is 51.4 Å². The number of ether oxygens (including phenoxy) is 1. The minimum absolute atomic E-state index is 0.00836. The molecule has 0 spiro atoms. The maximum absolute atomic E-state index is 12.4. The van der Waals surface area contributed by atoms with E-state index in [0.717, 1.165) is 44.9 Å². The summed E-state index contributed by atoms with van der Waals surface area (Å²) in [7, 11) is 0. The minimum atomic E-state index is -0.660. The van der Waals surface area contributed by atoms with E-state index in [1.807, 2.05) is 0 Å². The summed E-state index contributed by atoms with van der Waals surface area (Å²) in [5.74, 6) is -0.0240. The van der Waals surface area contributed by atoms with Crippen LogP contribution >= 0.6 is 0 Å². The number of rotatable bonds is 57. The highest BCUT2D eigenvalue weighted by molar-refractivity contribution is 5.76. The molecule has 6 heteroatoms. The van der Waals surface area contributed by atoms with E-state index in [0.29, 0.717) is 25.9 Å². The van der Waals surface area contributed by atoms with E-state index in [1.165, 1.54) is 263 Å². The second-order valence-corrected chi connectivity index (χ2v) is 21.0. The Morgan fingerprint density at radius 3 is 1.07 bits per heavy atom. The maximum Gasteiger partial charge on any atom is 0.305 e. The van der Waals surface area contributed by atoms with Crippen molar-refractivity contribution in [2.24, 2.45) is 0 Å². The Morgan fingerprint density at radius 1 is 0.403 bits per heavy atom. The Hall–Kier alpha value is -1.40. The summed E-state index contributed by atoms with van der Waals surface area (Å²) >= 11 is 0. The second-order valence-electron chi connectivity index (χ2n) is 21.0. The number of unbranched alkanes of at least 4 members (excludes halogenated alkanes) is 44.